The van der Waals surface area contributed by atoms with Gasteiger partial charge in [-0.25, -0.2) is 29.9 Å². The van der Waals surface area contributed by atoms with Crippen LogP contribution in [0, 0.1) is 0 Å². The average Bonchev–Trinajstić information content (AvgIpc) is 1.53. The second kappa shape index (κ2) is 28.4. The second-order valence-corrected chi connectivity index (χ2v) is 28.6. The number of benzene rings is 17. The third-order valence-corrected chi connectivity index (χ3v) is 22.5. The van der Waals surface area contributed by atoms with Crippen LogP contribution >= 0.6 is 0 Å². The number of fused-ring (bicyclic) bond motifs is 8. The lowest BCUT2D eigenvalue weighted by Gasteiger charge is -2.34. The molecule has 524 valence electrons. The normalized spacial score (nSPS) is 12.6. The molecule has 0 radical (unpaired) electrons. The van der Waals surface area contributed by atoms with E-state index in [-0.39, 0.29) is 0 Å². The van der Waals surface area contributed by atoms with Gasteiger partial charge < -0.3 is 0 Å². The lowest BCUT2D eigenvalue weighted by Crippen LogP contribution is -2.28. The van der Waals surface area contributed by atoms with Crippen molar-refractivity contribution in [3.63, 3.8) is 0 Å². The first-order valence-electron chi connectivity index (χ1n) is 38.2. The molecule has 21 rings (SSSR count). The Morgan fingerprint density at radius 1 is 0.143 bits per heavy atom. The van der Waals surface area contributed by atoms with Gasteiger partial charge >= 0.3 is 0 Å². The van der Waals surface area contributed by atoms with Gasteiger partial charge in [-0.15, -0.1) is 0 Å². The van der Waals surface area contributed by atoms with Crippen molar-refractivity contribution in [3.8, 4) is 124 Å². The van der Waals surface area contributed by atoms with E-state index < -0.39 is 10.8 Å². The highest BCUT2D eigenvalue weighted by Gasteiger charge is 2.49. The van der Waals surface area contributed by atoms with E-state index in [9.17, 15) is 0 Å². The fourth-order valence-electron chi connectivity index (χ4n) is 17.6. The molecule has 0 atom stereocenters. The minimum atomic E-state index is -0.520. The van der Waals surface area contributed by atoms with Crippen molar-refractivity contribution >= 4 is 21.5 Å². The molecule has 6 heteroatoms. The first-order valence-corrected chi connectivity index (χ1v) is 38.2. The molecule has 17 aromatic carbocycles. The van der Waals surface area contributed by atoms with E-state index in [1.165, 1.54) is 72.3 Å². The Hall–Kier alpha value is -14.7. The van der Waals surface area contributed by atoms with E-state index in [2.05, 4.69) is 364 Å². The monoisotopic (exact) mass is 1430 g/mol. The summed E-state index contributed by atoms with van der Waals surface area (Å²) in [6.45, 7) is 0. The van der Waals surface area contributed by atoms with Crippen LogP contribution in [0.25, 0.3) is 146 Å². The molecule has 0 N–H and O–H groups in total. The molecule has 19 aromatic rings. The highest BCUT2D eigenvalue weighted by molar-refractivity contribution is 6.09. The molecule has 0 spiro atoms. The predicted molar refractivity (Wildman–Crippen MR) is 458 cm³/mol. The summed E-state index contributed by atoms with van der Waals surface area (Å²) in [5.74, 6) is 3.82. The SMILES string of the molecule is c1ccc(-c2ccc(-c3nc(-c4ccccc4)nc(-c4c(-c5cccc6c5-c5ccccc5C6(c5ccccc5)c5ccccc5)ccc5ccccc45)n3)cc2)cc1.c1ccc(-c2nc(-c3ccccc3)nc(-c3c(-c4cccc5c4-c4ccccc4C5(c4ccccc4)c4ccccc4)ccc4ccccc34)n2)cc1. The molecule has 0 saturated carbocycles. The molecule has 0 fully saturated rings. The molecule has 2 aliphatic rings. The topological polar surface area (TPSA) is 77.3 Å². The van der Waals surface area contributed by atoms with Gasteiger partial charge in [0, 0.05) is 33.4 Å². The highest BCUT2D eigenvalue weighted by atomic mass is 15.0. The molecule has 0 saturated heterocycles. The van der Waals surface area contributed by atoms with Gasteiger partial charge in [0.05, 0.1) is 10.8 Å². The van der Waals surface area contributed by atoms with Crippen molar-refractivity contribution in [3.05, 3.63) is 469 Å². The van der Waals surface area contributed by atoms with Crippen LogP contribution in [0.4, 0.5) is 0 Å². The molecule has 0 unspecified atom stereocenters. The lowest BCUT2D eigenvalue weighted by molar-refractivity contribution is 0.768. The molecular weight excluding hydrogens is 1360 g/mol. The van der Waals surface area contributed by atoms with Crippen molar-refractivity contribution in [2.75, 3.05) is 0 Å². The van der Waals surface area contributed by atoms with E-state index >= 15 is 0 Å². The van der Waals surface area contributed by atoms with Crippen LogP contribution in [0.5, 0.6) is 0 Å². The molecule has 2 heterocycles. The summed E-state index contributed by atoms with van der Waals surface area (Å²) in [5, 5.41) is 4.43. The first-order chi connectivity index (χ1) is 55.6. The van der Waals surface area contributed by atoms with Gasteiger partial charge in [-0.3, -0.25) is 0 Å². The molecule has 0 amide bonds. The Balaban J connectivity index is 0.000000147. The van der Waals surface area contributed by atoms with Crippen LogP contribution in [0.3, 0.4) is 0 Å². The second-order valence-electron chi connectivity index (χ2n) is 28.6. The van der Waals surface area contributed by atoms with Gasteiger partial charge in [0.2, 0.25) is 0 Å². The zero-order chi connectivity index (χ0) is 74.4. The minimum absolute atomic E-state index is 0.504. The van der Waals surface area contributed by atoms with Gasteiger partial charge in [0.15, 0.2) is 34.9 Å². The number of rotatable bonds is 13. The zero-order valence-corrected chi connectivity index (χ0v) is 61.1. The Bertz CT molecular complexity index is 6560. The summed E-state index contributed by atoms with van der Waals surface area (Å²) in [5.41, 5.74) is 26.4. The molecular formula is C106H70N6. The largest absolute Gasteiger partial charge is 0.208 e. The minimum Gasteiger partial charge on any atom is -0.208 e. The average molecular weight is 1430 g/mol. The highest BCUT2D eigenvalue weighted by Crippen LogP contribution is 2.61. The first kappa shape index (κ1) is 66.7. The fourth-order valence-corrected chi connectivity index (χ4v) is 17.6. The van der Waals surface area contributed by atoms with Crippen molar-refractivity contribution < 1.29 is 0 Å². The molecule has 2 aromatic heterocycles. The summed E-state index contributed by atoms with van der Waals surface area (Å²) < 4.78 is 0. The maximum Gasteiger partial charge on any atom is 0.165 e. The Morgan fingerprint density at radius 3 is 0.741 bits per heavy atom. The van der Waals surface area contributed by atoms with Crippen LogP contribution in [-0.4, -0.2) is 29.9 Å². The Kier molecular flexibility index (Phi) is 16.9. The molecule has 0 aliphatic heterocycles. The summed E-state index contributed by atoms with van der Waals surface area (Å²) in [6, 6.07) is 151. The molecule has 6 nitrogen and oxygen atoms in total. The van der Waals surface area contributed by atoms with E-state index in [0.29, 0.717) is 34.9 Å². The predicted octanol–water partition coefficient (Wildman–Crippen LogP) is 25.8. The summed E-state index contributed by atoms with van der Waals surface area (Å²) in [7, 11) is 0. The van der Waals surface area contributed by atoms with Gasteiger partial charge in [0.1, 0.15) is 0 Å². The zero-order valence-electron chi connectivity index (χ0n) is 61.1. The Morgan fingerprint density at radius 2 is 0.384 bits per heavy atom. The molecule has 0 bridgehead atoms. The van der Waals surface area contributed by atoms with Gasteiger partial charge in [-0.05, 0) is 122 Å². The quantitative estimate of drug-likeness (QED) is 0.114. The summed E-state index contributed by atoms with van der Waals surface area (Å²) in [6.07, 6.45) is 0. The maximum atomic E-state index is 5.38. The van der Waals surface area contributed by atoms with Crippen LogP contribution in [-0.2, 0) is 10.8 Å². The number of nitrogens with zero attached hydrogens (tertiary/aromatic N) is 6. The standard InChI is InChI=1S/C56H37N3.C50H33N3/c1-5-18-38(19-6-1)39-32-34-42(35-33-39)54-57-53(41-21-7-2-8-22-41)58-55(59-54)52-45-27-14-13-20-40(45)36-37-47(52)46-29-17-31-50-51(46)48-28-15-16-30-49(48)56(50,43-23-9-3-10-24-43)44-25-11-4-12-26-44;1-5-19-35(20-6-1)47-51-48(36-21-7-2-8-22-36)53-49(52-47)46-39-27-14-13-18-34(39)32-33-41(46)40-29-17-31-44-45(40)42-28-15-16-30-43(42)50(44,37-23-9-3-10-24-37)38-25-11-4-12-26-38/h1-37H;1-33H. The van der Waals surface area contributed by atoms with Crippen molar-refractivity contribution in [2.24, 2.45) is 0 Å². The maximum absolute atomic E-state index is 5.38. The summed E-state index contributed by atoms with van der Waals surface area (Å²) >= 11 is 0. The molecule has 112 heavy (non-hydrogen) atoms. The third kappa shape index (κ3) is 11.3. The van der Waals surface area contributed by atoms with E-state index in [1.54, 1.807) is 0 Å². The van der Waals surface area contributed by atoms with E-state index in [4.69, 9.17) is 29.9 Å². The van der Waals surface area contributed by atoms with E-state index in [1.807, 2.05) is 60.7 Å². The fraction of sp³-hybridized carbons (Fsp3) is 0.0189. The van der Waals surface area contributed by atoms with Crippen LogP contribution in [0.2, 0.25) is 0 Å². The van der Waals surface area contributed by atoms with E-state index in [0.717, 1.165) is 82.7 Å². The van der Waals surface area contributed by atoms with Crippen molar-refractivity contribution in [1.82, 2.24) is 29.9 Å². The van der Waals surface area contributed by atoms with Gasteiger partial charge in [-0.2, -0.15) is 0 Å². The lowest BCUT2D eigenvalue weighted by atomic mass is 9.67. The van der Waals surface area contributed by atoms with Gasteiger partial charge in [0.25, 0.3) is 0 Å². The molecule has 2 aliphatic carbocycles. The van der Waals surface area contributed by atoms with Crippen molar-refractivity contribution in [1.29, 1.82) is 0 Å². The van der Waals surface area contributed by atoms with Crippen LogP contribution < -0.4 is 0 Å². The number of hydrogen-bond acceptors (Lipinski definition) is 6. The smallest absolute Gasteiger partial charge is 0.165 e. The summed E-state index contributed by atoms with van der Waals surface area (Å²) in [4.78, 5) is 31.4. The third-order valence-electron chi connectivity index (χ3n) is 22.5. The van der Waals surface area contributed by atoms with Crippen molar-refractivity contribution in [2.45, 2.75) is 10.8 Å². The number of aromatic nitrogens is 6. The van der Waals surface area contributed by atoms with Crippen LogP contribution in [0.1, 0.15) is 44.5 Å². The number of hydrogen-bond donors (Lipinski definition) is 0. The van der Waals surface area contributed by atoms with Crippen LogP contribution in [0.15, 0.2) is 425 Å². The Labute approximate surface area is 651 Å². The van der Waals surface area contributed by atoms with Gasteiger partial charge in [-0.1, -0.05) is 425 Å².